The molecule has 1 fully saturated rings. The molecule has 1 heterocycles. The highest BCUT2D eigenvalue weighted by Crippen LogP contribution is 2.37. The number of carbonyl (C=O) groups is 2. The number of hydrogen-bond acceptors (Lipinski definition) is 4. The molecule has 31 heavy (non-hydrogen) atoms. The van der Waals surface area contributed by atoms with Crippen molar-refractivity contribution >= 4 is 27.3 Å². The van der Waals surface area contributed by atoms with Crippen molar-refractivity contribution in [2.24, 2.45) is 5.92 Å². The summed E-state index contributed by atoms with van der Waals surface area (Å²) in [5, 5.41) is 5.33. The summed E-state index contributed by atoms with van der Waals surface area (Å²) in [6.07, 6.45) is 1.24. The van der Waals surface area contributed by atoms with Gasteiger partial charge in [-0.05, 0) is 55.5 Å². The molecular weight excluding hydrogens is 426 g/mol. The quantitative estimate of drug-likeness (QED) is 0.739. The number of rotatable bonds is 4. The molecule has 0 radical (unpaired) electrons. The van der Waals surface area contributed by atoms with Crippen molar-refractivity contribution in [1.82, 2.24) is 5.32 Å². The van der Waals surface area contributed by atoms with E-state index in [2.05, 4.69) is 10.6 Å². The van der Waals surface area contributed by atoms with Gasteiger partial charge in [-0.1, -0.05) is 12.1 Å². The van der Waals surface area contributed by atoms with Gasteiger partial charge in [-0.25, -0.2) is 17.2 Å². The van der Waals surface area contributed by atoms with Gasteiger partial charge in [0.1, 0.15) is 0 Å². The Morgan fingerprint density at radius 2 is 1.81 bits per heavy atom. The zero-order chi connectivity index (χ0) is 22.2. The number of fused-ring (bicyclic) bond motifs is 2. The fraction of sp³-hybridized carbons (Fsp3) is 0.364. The number of nitrogens with one attached hydrogen (secondary N) is 2. The monoisotopic (exact) mass is 448 g/mol. The Kier molecular flexibility index (Phi) is 5.55. The van der Waals surface area contributed by atoms with Crippen LogP contribution in [0.3, 0.4) is 0 Å². The Balaban J connectivity index is 1.47. The maximum absolute atomic E-state index is 13.2. The van der Waals surface area contributed by atoms with Gasteiger partial charge in [0, 0.05) is 24.9 Å². The lowest BCUT2D eigenvalue weighted by atomic mass is 9.85. The van der Waals surface area contributed by atoms with E-state index in [1.807, 2.05) is 0 Å². The van der Waals surface area contributed by atoms with Crippen LogP contribution in [0, 0.1) is 5.92 Å². The topological polar surface area (TPSA) is 92.3 Å². The van der Waals surface area contributed by atoms with E-state index >= 15 is 0 Å². The summed E-state index contributed by atoms with van der Waals surface area (Å²) in [4.78, 5) is 24.9. The molecule has 0 spiro atoms. The maximum atomic E-state index is 13.2. The van der Waals surface area contributed by atoms with E-state index in [-0.39, 0.29) is 45.4 Å². The largest absolute Gasteiger partial charge is 0.352 e. The lowest BCUT2D eigenvalue weighted by Gasteiger charge is -2.28. The molecule has 9 heteroatoms. The van der Waals surface area contributed by atoms with Crippen LogP contribution in [-0.2, 0) is 9.84 Å². The molecule has 0 saturated heterocycles. The Morgan fingerprint density at radius 1 is 1.10 bits per heavy atom. The molecule has 2 aromatic rings. The number of carbonyl (C=O) groups excluding carboxylic acids is 2. The summed E-state index contributed by atoms with van der Waals surface area (Å²) in [7, 11) is -3.93. The fourth-order valence-corrected chi connectivity index (χ4v) is 5.67. The Bertz CT molecular complexity index is 1140. The minimum atomic E-state index is -3.93. The van der Waals surface area contributed by atoms with E-state index in [1.165, 1.54) is 30.3 Å². The van der Waals surface area contributed by atoms with Crippen molar-refractivity contribution in [3.63, 3.8) is 0 Å². The summed E-state index contributed by atoms with van der Waals surface area (Å²) in [6, 6.07) is 9.98. The summed E-state index contributed by atoms with van der Waals surface area (Å²) in [5.41, 5.74) is 0.293. The van der Waals surface area contributed by atoms with Crippen LogP contribution in [0.2, 0.25) is 0 Å². The van der Waals surface area contributed by atoms with Crippen LogP contribution in [0.25, 0.3) is 0 Å². The average Bonchev–Trinajstić information content (AvgIpc) is 2.82. The van der Waals surface area contributed by atoms with Crippen molar-refractivity contribution in [3.8, 4) is 0 Å². The number of hydrogen-bond donors (Lipinski definition) is 2. The first-order valence-corrected chi connectivity index (χ1v) is 11.6. The molecular formula is C22H22F2N2O4S. The number of sulfone groups is 1. The molecule has 2 amide bonds. The third-order valence-electron chi connectivity index (χ3n) is 5.88. The minimum absolute atomic E-state index is 0.0442. The maximum Gasteiger partial charge on any atom is 0.257 e. The summed E-state index contributed by atoms with van der Waals surface area (Å²) < 4.78 is 52.5. The van der Waals surface area contributed by atoms with Gasteiger partial charge in [-0.15, -0.1) is 0 Å². The lowest BCUT2D eigenvalue weighted by Crippen LogP contribution is -2.29. The van der Waals surface area contributed by atoms with E-state index in [9.17, 15) is 26.8 Å². The number of amides is 2. The summed E-state index contributed by atoms with van der Waals surface area (Å²) >= 11 is 0. The number of anilines is 1. The van der Waals surface area contributed by atoms with Crippen LogP contribution in [0.4, 0.5) is 14.5 Å². The van der Waals surface area contributed by atoms with Gasteiger partial charge in [0.25, 0.3) is 11.8 Å². The molecule has 4 rings (SSSR count). The summed E-state index contributed by atoms with van der Waals surface area (Å²) in [5.74, 6) is -3.41. The third kappa shape index (κ3) is 4.32. The van der Waals surface area contributed by atoms with E-state index in [4.69, 9.17) is 0 Å². The number of alkyl halides is 2. The molecule has 2 N–H and O–H groups in total. The number of benzene rings is 2. The molecule has 0 unspecified atom stereocenters. The van der Waals surface area contributed by atoms with Crippen molar-refractivity contribution in [2.75, 3.05) is 11.9 Å². The second kappa shape index (κ2) is 8.03. The third-order valence-corrected chi connectivity index (χ3v) is 7.75. The van der Waals surface area contributed by atoms with E-state index in [0.717, 1.165) is 0 Å². The first-order chi connectivity index (χ1) is 14.7. The van der Waals surface area contributed by atoms with Crippen LogP contribution >= 0.6 is 0 Å². The molecule has 1 aliphatic heterocycles. The molecule has 1 aliphatic carbocycles. The van der Waals surface area contributed by atoms with Crippen molar-refractivity contribution in [3.05, 3.63) is 53.6 Å². The molecule has 0 atom stereocenters. The minimum Gasteiger partial charge on any atom is -0.352 e. The molecule has 164 valence electrons. The van der Waals surface area contributed by atoms with Crippen molar-refractivity contribution in [2.45, 2.75) is 47.8 Å². The van der Waals surface area contributed by atoms with Gasteiger partial charge in [0.2, 0.25) is 15.8 Å². The molecule has 2 aliphatic rings. The highest BCUT2D eigenvalue weighted by Gasteiger charge is 2.35. The van der Waals surface area contributed by atoms with E-state index < -0.39 is 27.6 Å². The average molecular weight is 448 g/mol. The zero-order valence-electron chi connectivity index (χ0n) is 16.7. The Labute approximate surface area is 179 Å². The van der Waals surface area contributed by atoms with Crippen LogP contribution in [0.5, 0.6) is 0 Å². The van der Waals surface area contributed by atoms with Gasteiger partial charge in [-0.3, -0.25) is 9.59 Å². The summed E-state index contributed by atoms with van der Waals surface area (Å²) in [6.45, 7) is 0.336. The molecule has 0 bridgehead atoms. The van der Waals surface area contributed by atoms with E-state index in [1.54, 1.807) is 12.1 Å². The second-order valence-electron chi connectivity index (χ2n) is 8.01. The first kappa shape index (κ1) is 21.4. The van der Waals surface area contributed by atoms with Crippen LogP contribution < -0.4 is 10.6 Å². The SMILES string of the molecule is O=C(NCCC1CCC(F)(F)CC1)c1ccc2c(c1)NC(=O)c1ccccc1S2(=O)=O. The second-order valence-corrected chi connectivity index (χ2v) is 9.90. The highest BCUT2D eigenvalue weighted by molar-refractivity contribution is 7.91. The van der Waals surface area contributed by atoms with E-state index in [0.29, 0.717) is 25.8 Å². The molecule has 2 aromatic carbocycles. The predicted molar refractivity (Wildman–Crippen MR) is 110 cm³/mol. The highest BCUT2D eigenvalue weighted by atomic mass is 32.2. The van der Waals surface area contributed by atoms with Gasteiger partial charge in [0.05, 0.1) is 21.0 Å². The first-order valence-electron chi connectivity index (χ1n) is 10.1. The Morgan fingerprint density at radius 3 is 2.55 bits per heavy atom. The van der Waals surface area contributed by atoms with Gasteiger partial charge in [-0.2, -0.15) is 0 Å². The lowest BCUT2D eigenvalue weighted by molar-refractivity contribution is -0.0464. The zero-order valence-corrected chi connectivity index (χ0v) is 17.5. The normalized spacial score (nSPS) is 19.5. The molecule has 1 saturated carbocycles. The predicted octanol–water partition coefficient (Wildman–Crippen LogP) is 4.03. The standard InChI is InChI=1S/C22H22F2N2O4S/c23-22(24)10-7-14(8-11-22)9-12-25-20(27)15-5-6-19-17(13-15)26-21(28)16-3-1-2-4-18(16)31(19,29)30/h1-6,13-14H,7-12H2,(H,25,27)(H,26,28). The molecule has 0 aromatic heterocycles. The van der Waals surface area contributed by atoms with Crippen molar-refractivity contribution in [1.29, 1.82) is 0 Å². The van der Waals surface area contributed by atoms with Gasteiger partial charge < -0.3 is 10.6 Å². The van der Waals surface area contributed by atoms with Crippen LogP contribution in [-0.4, -0.2) is 32.7 Å². The Hall–Kier alpha value is -2.81. The fourth-order valence-electron chi connectivity index (χ4n) is 4.08. The number of halogens is 2. The van der Waals surface area contributed by atoms with Crippen LogP contribution in [0.15, 0.2) is 52.3 Å². The molecule has 6 nitrogen and oxygen atoms in total. The smallest absolute Gasteiger partial charge is 0.257 e. The van der Waals surface area contributed by atoms with Crippen LogP contribution in [0.1, 0.15) is 52.8 Å². The van der Waals surface area contributed by atoms with Gasteiger partial charge >= 0.3 is 0 Å². The van der Waals surface area contributed by atoms with Crippen molar-refractivity contribution < 1.29 is 26.8 Å². The van der Waals surface area contributed by atoms with Gasteiger partial charge in [0.15, 0.2) is 0 Å².